The summed E-state index contributed by atoms with van der Waals surface area (Å²) < 4.78 is 17.7. The van der Waals surface area contributed by atoms with E-state index < -0.39 is 0 Å². The summed E-state index contributed by atoms with van der Waals surface area (Å²) in [5, 5.41) is 9.44. The predicted molar refractivity (Wildman–Crippen MR) is 94.0 cm³/mol. The molecule has 4 heteroatoms. The number of aliphatic hydroxyl groups excluding tert-OH is 1. The van der Waals surface area contributed by atoms with Gasteiger partial charge in [0.25, 0.3) is 0 Å². The van der Waals surface area contributed by atoms with E-state index in [9.17, 15) is 5.11 Å². The maximum absolute atomic E-state index is 9.44. The third-order valence-corrected chi connectivity index (χ3v) is 6.74. The highest BCUT2D eigenvalue weighted by Gasteiger charge is 2.60. The average molecular weight is 341 g/mol. The molecule has 3 aliphatic rings. The third-order valence-electron chi connectivity index (χ3n) is 6.74. The molecule has 1 aliphatic carbocycles. The van der Waals surface area contributed by atoms with E-state index in [1.807, 2.05) is 0 Å². The molecule has 0 radical (unpaired) electrons. The van der Waals surface area contributed by atoms with Gasteiger partial charge in [-0.05, 0) is 78.1 Å². The Labute approximate surface area is 147 Å². The molecule has 24 heavy (non-hydrogen) atoms. The zero-order chi connectivity index (χ0) is 17.6. The van der Waals surface area contributed by atoms with Gasteiger partial charge in [0.2, 0.25) is 0 Å². The lowest BCUT2D eigenvalue weighted by atomic mass is 9.75. The smallest absolute Gasteiger partial charge is 0.118 e. The minimum Gasteiger partial charge on any atom is -0.393 e. The summed E-state index contributed by atoms with van der Waals surface area (Å²) in [5.41, 5.74) is -0.178. The molecule has 2 heterocycles. The Morgan fingerprint density at radius 3 is 2.54 bits per heavy atom. The third kappa shape index (κ3) is 3.98. The molecular weight excluding hydrogens is 304 g/mol. The summed E-state index contributed by atoms with van der Waals surface area (Å²) >= 11 is 0. The van der Waals surface area contributed by atoms with Gasteiger partial charge in [0.1, 0.15) is 5.60 Å². The summed E-state index contributed by atoms with van der Waals surface area (Å²) in [6.45, 7) is 12.1. The topological polar surface area (TPSA) is 54.5 Å². The molecule has 4 nitrogen and oxygen atoms in total. The fraction of sp³-hybridized carbons (Fsp3) is 1.00. The van der Waals surface area contributed by atoms with Crippen LogP contribution in [-0.2, 0) is 14.2 Å². The number of hydrogen-bond donors (Lipinski definition) is 1. The monoisotopic (exact) mass is 340 g/mol. The first-order valence-corrected chi connectivity index (χ1v) is 9.79. The summed E-state index contributed by atoms with van der Waals surface area (Å²) in [6, 6.07) is 0. The van der Waals surface area contributed by atoms with Crippen molar-refractivity contribution >= 4 is 0 Å². The minimum absolute atomic E-state index is 0.102. The predicted octanol–water partition coefficient (Wildman–Crippen LogP) is 3.70. The molecular formula is C20H36O4. The average Bonchev–Trinajstić information content (AvgIpc) is 3.38. The van der Waals surface area contributed by atoms with Gasteiger partial charge in [-0.1, -0.05) is 6.92 Å². The van der Waals surface area contributed by atoms with Gasteiger partial charge in [-0.15, -0.1) is 0 Å². The zero-order valence-corrected chi connectivity index (χ0v) is 16.1. The van der Waals surface area contributed by atoms with Crippen molar-refractivity contribution in [2.24, 2.45) is 11.8 Å². The Balaban J connectivity index is 1.33. The van der Waals surface area contributed by atoms with E-state index in [1.54, 1.807) is 0 Å². The van der Waals surface area contributed by atoms with Crippen LogP contribution in [0.1, 0.15) is 73.1 Å². The van der Waals surface area contributed by atoms with Crippen molar-refractivity contribution in [2.45, 2.75) is 102 Å². The summed E-state index contributed by atoms with van der Waals surface area (Å²) in [4.78, 5) is 0. The second-order valence-corrected chi connectivity index (χ2v) is 9.43. The lowest BCUT2D eigenvalue weighted by molar-refractivity contribution is -0.0739. The normalized spacial score (nSPS) is 38.5. The molecule has 0 amide bonds. The van der Waals surface area contributed by atoms with Gasteiger partial charge in [-0.3, -0.25) is 0 Å². The van der Waals surface area contributed by atoms with Crippen molar-refractivity contribution in [1.82, 2.24) is 0 Å². The Bertz CT molecular complexity index is 447. The highest BCUT2D eigenvalue weighted by molar-refractivity contribution is 5.08. The van der Waals surface area contributed by atoms with Crippen LogP contribution in [0.25, 0.3) is 0 Å². The Morgan fingerprint density at radius 2 is 1.96 bits per heavy atom. The molecule has 5 unspecified atom stereocenters. The fourth-order valence-corrected chi connectivity index (χ4v) is 4.34. The van der Waals surface area contributed by atoms with Crippen LogP contribution < -0.4 is 0 Å². The van der Waals surface area contributed by atoms with E-state index in [2.05, 4.69) is 34.6 Å². The first kappa shape index (κ1) is 18.6. The second-order valence-electron chi connectivity index (χ2n) is 9.43. The largest absolute Gasteiger partial charge is 0.393 e. The molecule has 1 N–H and O–H groups in total. The highest BCUT2D eigenvalue weighted by atomic mass is 16.6. The first-order chi connectivity index (χ1) is 11.2. The molecule has 140 valence electrons. The molecule has 3 rings (SSSR count). The van der Waals surface area contributed by atoms with Crippen LogP contribution in [-0.4, -0.2) is 47.3 Å². The number of ether oxygens (including phenoxy) is 3. The van der Waals surface area contributed by atoms with Crippen LogP contribution in [0.4, 0.5) is 0 Å². The number of rotatable bonds is 9. The van der Waals surface area contributed by atoms with Crippen molar-refractivity contribution in [2.75, 3.05) is 13.2 Å². The van der Waals surface area contributed by atoms with E-state index in [4.69, 9.17) is 14.2 Å². The van der Waals surface area contributed by atoms with Gasteiger partial charge in [0.15, 0.2) is 0 Å². The first-order valence-electron chi connectivity index (χ1n) is 9.79. The molecule has 3 fully saturated rings. The van der Waals surface area contributed by atoms with Gasteiger partial charge in [-0.25, -0.2) is 0 Å². The van der Waals surface area contributed by atoms with Crippen molar-refractivity contribution in [1.29, 1.82) is 0 Å². The van der Waals surface area contributed by atoms with E-state index >= 15 is 0 Å². The summed E-state index contributed by atoms with van der Waals surface area (Å²) in [6.07, 6.45) is 7.31. The lowest BCUT2D eigenvalue weighted by Crippen LogP contribution is -2.40. The minimum atomic E-state index is -0.195. The molecule has 5 atom stereocenters. The second kappa shape index (κ2) is 6.53. The van der Waals surface area contributed by atoms with E-state index in [1.165, 1.54) is 12.8 Å². The molecule has 2 aliphatic heterocycles. The Kier molecular flexibility index (Phi) is 5.07. The van der Waals surface area contributed by atoms with Crippen molar-refractivity contribution in [3.05, 3.63) is 0 Å². The summed E-state index contributed by atoms with van der Waals surface area (Å²) in [5.74, 6) is 1.21. The summed E-state index contributed by atoms with van der Waals surface area (Å²) in [7, 11) is 0. The zero-order valence-electron chi connectivity index (χ0n) is 16.1. The van der Waals surface area contributed by atoms with Gasteiger partial charge in [-0.2, -0.15) is 0 Å². The van der Waals surface area contributed by atoms with Crippen molar-refractivity contribution < 1.29 is 19.3 Å². The quantitative estimate of drug-likeness (QED) is 0.650. The maximum Gasteiger partial charge on any atom is 0.118 e. The SMILES string of the molecule is CC(CCOC(C)(C)C1CCC2(CO)OC2C1)CCC1OC1(C)C. The standard InChI is InChI=1S/C20H36O4/c1-14(6-7-16-19(4,5)23-16)9-11-22-18(2,3)15-8-10-20(13-21)17(12-15)24-20/h14-17,21H,6-13H2,1-5H3. The number of hydrogen-bond acceptors (Lipinski definition) is 4. The van der Waals surface area contributed by atoms with E-state index in [-0.39, 0.29) is 29.5 Å². The van der Waals surface area contributed by atoms with Crippen LogP contribution in [0.3, 0.4) is 0 Å². The molecule has 0 aromatic rings. The number of aliphatic hydroxyl groups is 1. The Morgan fingerprint density at radius 1 is 1.25 bits per heavy atom. The van der Waals surface area contributed by atoms with E-state index in [0.29, 0.717) is 17.9 Å². The van der Waals surface area contributed by atoms with Gasteiger partial charge in [0, 0.05) is 6.61 Å². The van der Waals surface area contributed by atoms with Crippen LogP contribution in [0.15, 0.2) is 0 Å². The number of fused-ring (bicyclic) bond motifs is 1. The van der Waals surface area contributed by atoms with Crippen LogP contribution in [0.5, 0.6) is 0 Å². The molecule has 0 bridgehead atoms. The molecule has 0 spiro atoms. The maximum atomic E-state index is 9.44. The molecule has 0 aromatic heterocycles. The number of epoxide rings is 2. The van der Waals surface area contributed by atoms with Crippen LogP contribution in [0.2, 0.25) is 0 Å². The van der Waals surface area contributed by atoms with Crippen LogP contribution in [0, 0.1) is 11.8 Å². The van der Waals surface area contributed by atoms with Gasteiger partial charge < -0.3 is 19.3 Å². The van der Waals surface area contributed by atoms with Crippen LogP contribution >= 0.6 is 0 Å². The van der Waals surface area contributed by atoms with Crippen molar-refractivity contribution in [3.8, 4) is 0 Å². The molecule has 2 saturated heterocycles. The van der Waals surface area contributed by atoms with Crippen molar-refractivity contribution in [3.63, 3.8) is 0 Å². The molecule has 1 saturated carbocycles. The Hall–Kier alpha value is -0.160. The highest BCUT2D eigenvalue weighted by Crippen LogP contribution is 2.52. The van der Waals surface area contributed by atoms with Gasteiger partial charge >= 0.3 is 0 Å². The lowest BCUT2D eigenvalue weighted by Gasteiger charge is -2.37. The van der Waals surface area contributed by atoms with Gasteiger partial charge in [0.05, 0.1) is 30.0 Å². The molecule has 0 aromatic carbocycles. The fourth-order valence-electron chi connectivity index (χ4n) is 4.34. The van der Waals surface area contributed by atoms with E-state index in [0.717, 1.165) is 32.3 Å².